The van der Waals surface area contributed by atoms with Crippen LogP contribution in [0, 0.1) is 5.82 Å². The van der Waals surface area contributed by atoms with Crippen molar-refractivity contribution in [2.75, 3.05) is 11.9 Å². The average Bonchev–Trinajstić information content (AvgIpc) is 3.59. The molecular formula is C30H22BrFN4O4S. The van der Waals surface area contributed by atoms with Crippen molar-refractivity contribution in [3.8, 4) is 5.75 Å². The number of carbonyl (C=O) groups excluding carboxylic acids is 2. The second-order valence-corrected chi connectivity index (χ2v) is 10.6. The molecule has 1 fully saturated rings. The maximum absolute atomic E-state index is 13.5. The number of halogens is 2. The summed E-state index contributed by atoms with van der Waals surface area (Å²) in [5.74, 6) is -0.100. The van der Waals surface area contributed by atoms with Gasteiger partial charge in [-0.1, -0.05) is 46.3 Å². The molecule has 2 amide bonds. The quantitative estimate of drug-likeness (QED) is 0.126. The van der Waals surface area contributed by atoms with Crippen LogP contribution >= 0.6 is 27.7 Å². The Balaban J connectivity index is 1.36. The van der Waals surface area contributed by atoms with Crippen molar-refractivity contribution in [3.05, 3.63) is 123 Å². The number of ether oxygens (including phenoxy) is 1. The second kappa shape index (κ2) is 13.2. The number of carbonyl (C=O) groups is 2. The highest BCUT2D eigenvalue weighted by Crippen LogP contribution is 2.36. The van der Waals surface area contributed by atoms with Gasteiger partial charge in [0, 0.05) is 15.7 Å². The lowest BCUT2D eigenvalue weighted by atomic mass is 10.2. The van der Waals surface area contributed by atoms with Gasteiger partial charge in [-0.25, -0.2) is 4.39 Å². The lowest BCUT2D eigenvalue weighted by Crippen LogP contribution is -2.28. The van der Waals surface area contributed by atoms with Gasteiger partial charge < -0.3 is 14.5 Å². The standard InChI is InChI=1S/C30H22BrFN4O4S/c31-22-8-13-26(40-19-28(37)34-24-11-9-23(32)10-12-24)21(15-22)16-27-29(38)36(18-25-7-4-14-39-25)30(41-27)35-33-17-20-5-2-1-3-6-20/h1-17H,18-19H2,(H,34,37)/b27-16-,33-17+,35-30-. The Hall–Kier alpha value is -4.48. The monoisotopic (exact) mass is 632 g/mol. The summed E-state index contributed by atoms with van der Waals surface area (Å²) in [5.41, 5.74) is 1.90. The lowest BCUT2D eigenvalue weighted by Gasteiger charge is -2.13. The van der Waals surface area contributed by atoms with Gasteiger partial charge in [0.05, 0.1) is 23.9 Å². The molecule has 0 spiro atoms. The minimum Gasteiger partial charge on any atom is -0.483 e. The first-order valence-corrected chi connectivity index (χ1v) is 13.9. The zero-order valence-corrected chi connectivity index (χ0v) is 23.8. The van der Waals surface area contributed by atoms with Gasteiger partial charge in [-0.2, -0.15) is 5.10 Å². The fraction of sp³-hybridized carbons (Fsp3) is 0.0667. The van der Waals surface area contributed by atoms with E-state index in [1.807, 2.05) is 30.3 Å². The molecule has 1 aromatic heterocycles. The predicted octanol–water partition coefficient (Wildman–Crippen LogP) is 6.71. The molecule has 8 nitrogen and oxygen atoms in total. The third-order valence-corrected chi connectivity index (χ3v) is 7.17. The van der Waals surface area contributed by atoms with Crippen LogP contribution in [0.4, 0.5) is 10.1 Å². The molecule has 11 heteroatoms. The van der Waals surface area contributed by atoms with Gasteiger partial charge in [0.15, 0.2) is 11.8 Å². The van der Waals surface area contributed by atoms with Gasteiger partial charge in [-0.15, -0.1) is 5.10 Å². The van der Waals surface area contributed by atoms with E-state index in [2.05, 4.69) is 31.4 Å². The van der Waals surface area contributed by atoms with Crippen LogP contribution in [0.5, 0.6) is 5.75 Å². The summed E-state index contributed by atoms with van der Waals surface area (Å²) in [6, 6.07) is 23.7. The number of rotatable bonds is 9. The summed E-state index contributed by atoms with van der Waals surface area (Å²) in [5, 5.41) is 11.6. The number of furan rings is 1. The number of hydrogen-bond donors (Lipinski definition) is 1. The van der Waals surface area contributed by atoms with Crippen molar-refractivity contribution in [2.45, 2.75) is 6.54 Å². The summed E-state index contributed by atoms with van der Waals surface area (Å²) >= 11 is 4.63. The normalized spacial score (nSPS) is 15.3. The lowest BCUT2D eigenvalue weighted by molar-refractivity contribution is -0.122. The van der Waals surface area contributed by atoms with E-state index < -0.39 is 11.7 Å². The van der Waals surface area contributed by atoms with Gasteiger partial charge >= 0.3 is 0 Å². The number of nitrogens with one attached hydrogen (secondary N) is 1. The van der Waals surface area contributed by atoms with Crippen LogP contribution in [0.3, 0.4) is 0 Å². The predicted molar refractivity (Wildman–Crippen MR) is 161 cm³/mol. The highest BCUT2D eigenvalue weighted by atomic mass is 79.9. The van der Waals surface area contributed by atoms with E-state index in [9.17, 15) is 14.0 Å². The highest BCUT2D eigenvalue weighted by molar-refractivity contribution is 9.10. The summed E-state index contributed by atoms with van der Waals surface area (Å²) in [6.07, 6.45) is 4.84. The maximum atomic E-state index is 13.5. The first kappa shape index (κ1) is 28.1. The maximum Gasteiger partial charge on any atom is 0.267 e. The zero-order valence-electron chi connectivity index (χ0n) is 21.4. The topological polar surface area (TPSA) is 96.5 Å². The van der Waals surface area contributed by atoms with Crippen molar-refractivity contribution in [1.82, 2.24) is 4.90 Å². The van der Waals surface area contributed by atoms with E-state index in [4.69, 9.17) is 9.15 Å². The van der Waals surface area contributed by atoms with Crippen molar-refractivity contribution in [1.29, 1.82) is 0 Å². The second-order valence-electron chi connectivity index (χ2n) is 8.65. The molecule has 206 valence electrons. The molecule has 0 unspecified atom stereocenters. The number of thioether (sulfide) groups is 1. The third-order valence-electron chi connectivity index (χ3n) is 5.68. The molecule has 0 aliphatic carbocycles. The summed E-state index contributed by atoms with van der Waals surface area (Å²) in [7, 11) is 0. The number of hydrogen-bond acceptors (Lipinski definition) is 7. The summed E-state index contributed by atoms with van der Waals surface area (Å²) in [4.78, 5) is 27.8. The van der Waals surface area contributed by atoms with Crippen molar-refractivity contribution >= 4 is 62.7 Å². The van der Waals surface area contributed by atoms with Crippen molar-refractivity contribution < 1.29 is 23.1 Å². The van der Waals surface area contributed by atoms with Crippen LogP contribution in [-0.4, -0.2) is 34.7 Å². The minimum absolute atomic E-state index is 0.182. The number of nitrogens with zero attached hydrogens (tertiary/aromatic N) is 3. The Bertz CT molecular complexity index is 1620. The van der Waals surface area contributed by atoms with Gasteiger partial charge in [0.1, 0.15) is 17.3 Å². The van der Waals surface area contributed by atoms with Crippen LogP contribution < -0.4 is 10.1 Å². The fourth-order valence-electron chi connectivity index (χ4n) is 3.74. The Morgan fingerprint density at radius 1 is 1.07 bits per heavy atom. The Labute approximate surface area is 247 Å². The third kappa shape index (κ3) is 7.59. The Morgan fingerprint density at radius 3 is 2.63 bits per heavy atom. The molecule has 0 radical (unpaired) electrons. The molecule has 0 saturated carbocycles. The Morgan fingerprint density at radius 2 is 1.88 bits per heavy atom. The zero-order chi connectivity index (χ0) is 28.6. The number of anilines is 1. The number of benzene rings is 3. The average molecular weight is 633 g/mol. The smallest absolute Gasteiger partial charge is 0.267 e. The van der Waals surface area contributed by atoms with Gasteiger partial charge in [-0.05, 0) is 78.0 Å². The van der Waals surface area contributed by atoms with E-state index in [-0.39, 0.29) is 19.1 Å². The van der Waals surface area contributed by atoms with E-state index in [0.717, 1.165) is 10.0 Å². The molecule has 1 aliphatic rings. The van der Waals surface area contributed by atoms with Gasteiger partial charge in [0.2, 0.25) is 0 Å². The molecular weight excluding hydrogens is 611 g/mol. The van der Waals surface area contributed by atoms with Gasteiger partial charge in [-0.3, -0.25) is 14.5 Å². The van der Waals surface area contributed by atoms with Crippen molar-refractivity contribution in [2.24, 2.45) is 10.2 Å². The largest absolute Gasteiger partial charge is 0.483 e. The van der Waals surface area contributed by atoms with Crippen LogP contribution in [-0.2, 0) is 16.1 Å². The molecule has 5 rings (SSSR count). The fourth-order valence-corrected chi connectivity index (χ4v) is 5.05. The molecule has 41 heavy (non-hydrogen) atoms. The first-order valence-electron chi connectivity index (χ1n) is 12.3. The molecule has 1 saturated heterocycles. The van der Waals surface area contributed by atoms with Crippen molar-refractivity contribution in [3.63, 3.8) is 0 Å². The van der Waals surface area contributed by atoms with E-state index in [1.165, 1.54) is 40.9 Å². The Kier molecular flexibility index (Phi) is 9.07. The molecule has 0 atom stereocenters. The number of amidine groups is 1. The minimum atomic E-state index is -0.417. The van der Waals surface area contributed by atoms with Crippen LogP contribution in [0.15, 0.2) is 115 Å². The highest BCUT2D eigenvalue weighted by Gasteiger charge is 2.34. The molecule has 2 heterocycles. The van der Waals surface area contributed by atoms with Crippen LogP contribution in [0.2, 0.25) is 0 Å². The molecule has 3 aromatic carbocycles. The van der Waals surface area contributed by atoms with E-state index in [1.54, 1.807) is 48.9 Å². The molecule has 1 N–H and O–H groups in total. The summed E-state index contributed by atoms with van der Waals surface area (Å²) in [6.45, 7) is -0.108. The van der Waals surface area contributed by atoms with Gasteiger partial charge in [0.25, 0.3) is 11.8 Å². The van der Waals surface area contributed by atoms with Crippen LogP contribution in [0.25, 0.3) is 6.08 Å². The van der Waals surface area contributed by atoms with Crippen LogP contribution in [0.1, 0.15) is 16.9 Å². The molecule has 1 aliphatic heterocycles. The van der Waals surface area contributed by atoms with E-state index >= 15 is 0 Å². The van der Waals surface area contributed by atoms with E-state index in [0.29, 0.717) is 32.8 Å². The summed E-state index contributed by atoms with van der Waals surface area (Å²) < 4.78 is 25.2. The SMILES string of the molecule is O=C(COc1ccc(Br)cc1/C=C1\S/C(=N\N=C\c2ccccc2)N(Cc2ccco2)C1=O)Nc1ccc(F)cc1. The number of amides is 2. The first-order chi connectivity index (χ1) is 19.9. The molecule has 4 aromatic rings. The molecule has 0 bridgehead atoms.